The maximum atomic E-state index is 5.68. The third kappa shape index (κ3) is 1.67. The number of nitrogens with zero attached hydrogens (tertiary/aromatic N) is 2. The van der Waals surface area contributed by atoms with Crippen molar-refractivity contribution in [3.63, 3.8) is 0 Å². The molecule has 60 valence electrons. The summed E-state index contributed by atoms with van der Waals surface area (Å²) in [6.45, 7) is 6.31. The van der Waals surface area contributed by atoms with Gasteiger partial charge in [-0.3, -0.25) is 4.98 Å². The number of hydrogen-bond acceptors (Lipinski definition) is 2. The molecule has 0 bridgehead atoms. The molecule has 11 heavy (non-hydrogen) atoms. The van der Waals surface area contributed by atoms with Crippen LogP contribution < -0.4 is 10.5 Å². The van der Waals surface area contributed by atoms with Gasteiger partial charge in [0.2, 0.25) is 11.9 Å². The molecule has 1 aromatic heterocycles. The van der Waals surface area contributed by atoms with E-state index in [2.05, 4.69) is 25.8 Å². The highest BCUT2D eigenvalue weighted by molar-refractivity contribution is 5.01. The van der Waals surface area contributed by atoms with Crippen molar-refractivity contribution in [2.45, 2.75) is 26.2 Å². The highest BCUT2D eigenvalue weighted by Crippen LogP contribution is 2.15. The standard InChI is InChI=1S/C8H14N3/c1-8(2,3)7-6-10-4-5-11(7)9/h4-6H,1-3H3,(H2,9,10)/q+1. The number of hydrogen-bond donors (Lipinski definition) is 1. The van der Waals surface area contributed by atoms with Gasteiger partial charge in [-0.05, 0) is 0 Å². The van der Waals surface area contributed by atoms with Crippen LogP contribution in [0.1, 0.15) is 26.5 Å². The molecule has 0 saturated carbocycles. The second-order valence-corrected chi connectivity index (χ2v) is 3.62. The summed E-state index contributed by atoms with van der Waals surface area (Å²) in [5, 5.41) is 0. The van der Waals surface area contributed by atoms with Gasteiger partial charge in [-0.1, -0.05) is 25.4 Å². The lowest BCUT2D eigenvalue weighted by molar-refractivity contribution is -0.651. The van der Waals surface area contributed by atoms with E-state index in [-0.39, 0.29) is 5.41 Å². The number of rotatable bonds is 0. The summed E-state index contributed by atoms with van der Waals surface area (Å²) in [5.74, 6) is 5.68. The summed E-state index contributed by atoms with van der Waals surface area (Å²) in [7, 11) is 0. The van der Waals surface area contributed by atoms with Gasteiger partial charge in [-0.15, -0.1) is 0 Å². The van der Waals surface area contributed by atoms with Crippen LogP contribution in [0.2, 0.25) is 0 Å². The molecule has 0 aromatic carbocycles. The minimum absolute atomic E-state index is 0.0585. The van der Waals surface area contributed by atoms with E-state index in [0.717, 1.165) is 5.69 Å². The van der Waals surface area contributed by atoms with Crippen LogP contribution in [-0.4, -0.2) is 4.98 Å². The highest BCUT2D eigenvalue weighted by Gasteiger charge is 2.24. The van der Waals surface area contributed by atoms with E-state index in [9.17, 15) is 0 Å². The smallest absolute Gasteiger partial charge is 0.234 e. The molecule has 1 heterocycles. The van der Waals surface area contributed by atoms with Gasteiger partial charge in [-0.2, -0.15) is 0 Å². The molecule has 0 fully saturated rings. The summed E-state index contributed by atoms with van der Waals surface area (Å²) < 4.78 is 1.60. The normalized spacial score (nSPS) is 11.5. The van der Waals surface area contributed by atoms with Crippen molar-refractivity contribution in [1.29, 1.82) is 0 Å². The first-order valence-electron chi connectivity index (χ1n) is 3.63. The minimum atomic E-state index is 0.0585. The Morgan fingerprint density at radius 2 is 2.09 bits per heavy atom. The zero-order valence-electron chi connectivity index (χ0n) is 7.20. The predicted molar refractivity (Wildman–Crippen MR) is 43.3 cm³/mol. The van der Waals surface area contributed by atoms with E-state index in [4.69, 9.17) is 5.84 Å². The van der Waals surface area contributed by atoms with Crippen LogP contribution in [0.4, 0.5) is 0 Å². The van der Waals surface area contributed by atoms with Gasteiger partial charge < -0.3 is 0 Å². The van der Waals surface area contributed by atoms with Crippen LogP contribution in [-0.2, 0) is 5.41 Å². The zero-order chi connectivity index (χ0) is 8.48. The average Bonchev–Trinajstić information content (AvgIpc) is 1.86. The number of aromatic nitrogens is 2. The Hall–Kier alpha value is -1.12. The zero-order valence-corrected chi connectivity index (χ0v) is 7.20. The van der Waals surface area contributed by atoms with E-state index in [1.807, 2.05) is 0 Å². The van der Waals surface area contributed by atoms with E-state index >= 15 is 0 Å². The lowest BCUT2D eigenvalue weighted by atomic mass is 9.93. The van der Waals surface area contributed by atoms with Gasteiger partial charge in [-0.25, -0.2) is 5.84 Å². The maximum absolute atomic E-state index is 5.68. The Morgan fingerprint density at radius 3 is 2.45 bits per heavy atom. The molecular formula is C8H14N3+. The van der Waals surface area contributed by atoms with Gasteiger partial charge >= 0.3 is 0 Å². The Morgan fingerprint density at radius 1 is 1.45 bits per heavy atom. The third-order valence-corrected chi connectivity index (χ3v) is 1.56. The van der Waals surface area contributed by atoms with Gasteiger partial charge in [0, 0.05) is 0 Å². The van der Waals surface area contributed by atoms with Gasteiger partial charge in [0.25, 0.3) is 0 Å². The molecule has 0 aliphatic carbocycles. The van der Waals surface area contributed by atoms with Crippen LogP contribution in [0, 0.1) is 0 Å². The van der Waals surface area contributed by atoms with Crippen LogP contribution in [0.3, 0.4) is 0 Å². The molecule has 0 unspecified atom stereocenters. The van der Waals surface area contributed by atoms with Crippen LogP contribution in [0.5, 0.6) is 0 Å². The molecule has 0 saturated heterocycles. The fraction of sp³-hybridized carbons (Fsp3) is 0.500. The van der Waals surface area contributed by atoms with E-state index in [0.29, 0.717) is 0 Å². The average molecular weight is 152 g/mol. The minimum Gasteiger partial charge on any atom is -0.252 e. The largest absolute Gasteiger partial charge is 0.252 e. The SMILES string of the molecule is CC(C)(C)c1cncc[n+]1N. The molecule has 3 nitrogen and oxygen atoms in total. The molecule has 0 spiro atoms. The quantitative estimate of drug-likeness (QED) is 0.431. The Kier molecular flexibility index (Phi) is 1.81. The topological polar surface area (TPSA) is 42.8 Å². The molecular weight excluding hydrogens is 138 g/mol. The molecule has 1 rings (SSSR count). The highest BCUT2D eigenvalue weighted by atomic mass is 15.3. The Balaban J connectivity index is 3.14. The summed E-state index contributed by atoms with van der Waals surface area (Å²) in [6, 6.07) is 0. The second kappa shape index (κ2) is 2.49. The predicted octanol–water partition coefficient (Wildman–Crippen LogP) is 0.380. The maximum Gasteiger partial charge on any atom is 0.234 e. The first kappa shape index (κ1) is 7.98. The first-order chi connectivity index (χ1) is 5.02. The second-order valence-electron chi connectivity index (χ2n) is 3.62. The van der Waals surface area contributed by atoms with E-state index in [1.54, 1.807) is 23.3 Å². The fourth-order valence-corrected chi connectivity index (χ4v) is 0.952. The summed E-state index contributed by atoms with van der Waals surface area (Å²) in [5.41, 5.74) is 1.09. The van der Waals surface area contributed by atoms with Gasteiger partial charge in [0.15, 0.2) is 0 Å². The summed E-state index contributed by atoms with van der Waals surface area (Å²) >= 11 is 0. The first-order valence-corrected chi connectivity index (χ1v) is 3.63. The Bertz CT molecular complexity index is 250. The van der Waals surface area contributed by atoms with Crippen molar-refractivity contribution in [2.24, 2.45) is 0 Å². The Labute approximate surface area is 66.9 Å². The number of nitrogens with two attached hydrogens (primary N) is 1. The molecule has 0 atom stereocenters. The van der Waals surface area contributed by atoms with Crippen LogP contribution >= 0.6 is 0 Å². The lowest BCUT2D eigenvalue weighted by Crippen LogP contribution is -2.51. The van der Waals surface area contributed by atoms with Crippen molar-refractivity contribution in [1.82, 2.24) is 4.98 Å². The van der Waals surface area contributed by atoms with E-state index < -0.39 is 0 Å². The van der Waals surface area contributed by atoms with Crippen molar-refractivity contribution in [3.8, 4) is 0 Å². The van der Waals surface area contributed by atoms with Gasteiger partial charge in [0.05, 0.1) is 17.8 Å². The van der Waals surface area contributed by atoms with Gasteiger partial charge in [0.1, 0.15) is 0 Å². The molecule has 0 aliphatic rings. The van der Waals surface area contributed by atoms with Crippen molar-refractivity contribution in [2.75, 3.05) is 5.84 Å². The summed E-state index contributed by atoms with van der Waals surface area (Å²) in [6.07, 6.45) is 5.22. The monoisotopic (exact) mass is 152 g/mol. The molecule has 3 heteroatoms. The number of nitrogen functional groups attached to an aromatic ring is 1. The van der Waals surface area contributed by atoms with Crippen molar-refractivity contribution >= 4 is 0 Å². The van der Waals surface area contributed by atoms with Crippen molar-refractivity contribution in [3.05, 3.63) is 24.3 Å². The molecule has 0 aliphatic heterocycles. The molecule has 1 aromatic rings. The molecule has 0 radical (unpaired) electrons. The third-order valence-electron chi connectivity index (χ3n) is 1.56. The van der Waals surface area contributed by atoms with E-state index in [1.165, 1.54) is 0 Å². The fourth-order valence-electron chi connectivity index (χ4n) is 0.952. The van der Waals surface area contributed by atoms with Crippen LogP contribution in [0.15, 0.2) is 18.6 Å². The van der Waals surface area contributed by atoms with Crippen LogP contribution in [0.25, 0.3) is 0 Å². The van der Waals surface area contributed by atoms with Crippen molar-refractivity contribution < 1.29 is 4.68 Å². The summed E-state index contributed by atoms with van der Waals surface area (Å²) in [4.78, 5) is 4.01. The lowest BCUT2D eigenvalue weighted by Gasteiger charge is -2.12. The molecule has 2 N–H and O–H groups in total. The molecule has 0 amide bonds.